The smallest absolute Gasteiger partial charge is 0.137 e. The summed E-state index contributed by atoms with van der Waals surface area (Å²) in [6.45, 7) is 5.70. The summed E-state index contributed by atoms with van der Waals surface area (Å²) >= 11 is 0. The van der Waals surface area contributed by atoms with E-state index in [-0.39, 0.29) is 5.92 Å². The van der Waals surface area contributed by atoms with Crippen molar-refractivity contribution in [2.75, 3.05) is 13.1 Å². The Labute approximate surface area is 81.1 Å². The van der Waals surface area contributed by atoms with Gasteiger partial charge in [-0.1, -0.05) is 13.8 Å². The normalized spacial score (nSPS) is 12.1. The van der Waals surface area contributed by atoms with Crippen LogP contribution in [0.3, 0.4) is 0 Å². The third kappa shape index (κ3) is 6.36. The molecule has 0 aromatic rings. The summed E-state index contributed by atoms with van der Waals surface area (Å²) in [4.78, 5) is 11.4. The van der Waals surface area contributed by atoms with Crippen molar-refractivity contribution in [2.24, 2.45) is 5.92 Å². The van der Waals surface area contributed by atoms with Crippen LogP contribution < -0.4 is 5.32 Å². The van der Waals surface area contributed by atoms with Crippen LogP contribution in [-0.2, 0) is 4.79 Å². The van der Waals surface area contributed by atoms with E-state index in [0.29, 0.717) is 18.6 Å². The van der Waals surface area contributed by atoms with E-state index >= 15 is 0 Å². The molecule has 13 heavy (non-hydrogen) atoms. The van der Waals surface area contributed by atoms with Crippen LogP contribution in [0.15, 0.2) is 0 Å². The molecule has 0 saturated heterocycles. The second-order valence-electron chi connectivity index (χ2n) is 3.23. The van der Waals surface area contributed by atoms with E-state index in [4.69, 9.17) is 6.42 Å². The van der Waals surface area contributed by atoms with Crippen LogP contribution in [0.2, 0.25) is 0 Å². The Balaban J connectivity index is 3.52. The quantitative estimate of drug-likeness (QED) is 0.477. The minimum absolute atomic E-state index is 0.123. The molecular formula is C11H19NO. The van der Waals surface area contributed by atoms with Gasteiger partial charge in [-0.3, -0.25) is 4.79 Å². The Morgan fingerprint density at radius 1 is 1.62 bits per heavy atom. The van der Waals surface area contributed by atoms with Gasteiger partial charge in [-0.05, 0) is 13.0 Å². The van der Waals surface area contributed by atoms with Crippen LogP contribution in [0.5, 0.6) is 0 Å². The average Bonchev–Trinajstić information content (AvgIpc) is 2.14. The monoisotopic (exact) mass is 181 g/mol. The number of carbonyl (C=O) groups excluding carboxylic acids is 1. The highest BCUT2D eigenvalue weighted by molar-refractivity contribution is 5.80. The number of carbonyl (C=O) groups is 1. The van der Waals surface area contributed by atoms with Gasteiger partial charge in [-0.15, -0.1) is 12.3 Å². The molecule has 1 atom stereocenters. The molecule has 74 valence electrons. The van der Waals surface area contributed by atoms with Gasteiger partial charge >= 0.3 is 0 Å². The van der Waals surface area contributed by atoms with E-state index in [2.05, 4.69) is 11.2 Å². The lowest BCUT2D eigenvalue weighted by atomic mass is 10.0. The zero-order valence-electron chi connectivity index (χ0n) is 8.60. The fourth-order valence-electron chi connectivity index (χ4n) is 1.09. The maximum atomic E-state index is 11.4. The standard InChI is InChI=1S/C11H19NO/c1-4-6-7-8-11(13)10(3)9-12-5-2/h1,10,12H,5-9H2,2-3H3. The first kappa shape index (κ1) is 12.2. The summed E-state index contributed by atoms with van der Waals surface area (Å²) in [7, 11) is 0. The van der Waals surface area contributed by atoms with Gasteiger partial charge in [0.05, 0.1) is 0 Å². The van der Waals surface area contributed by atoms with E-state index in [1.807, 2.05) is 13.8 Å². The molecule has 0 aliphatic heterocycles. The highest BCUT2D eigenvalue weighted by atomic mass is 16.1. The van der Waals surface area contributed by atoms with Gasteiger partial charge in [0.2, 0.25) is 0 Å². The molecule has 0 aliphatic rings. The van der Waals surface area contributed by atoms with Crippen molar-refractivity contribution < 1.29 is 4.79 Å². The fraction of sp³-hybridized carbons (Fsp3) is 0.727. The molecule has 0 radical (unpaired) electrons. The summed E-state index contributed by atoms with van der Waals surface area (Å²) in [5.41, 5.74) is 0. The van der Waals surface area contributed by atoms with E-state index in [9.17, 15) is 4.79 Å². The average molecular weight is 181 g/mol. The number of hydrogen-bond acceptors (Lipinski definition) is 2. The van der Waals surface area contributed by atoms with Crippen LogP contribution in [0.1, 0.15) is 33.1 Å². The van der Waals surface area contributed by atoms with Crippen LogP contribution in [-0.4, -0.2) is 18.9 Å². The second kappa shape index (κ2) is 7.82. The van der Waals surface area contributed by atoms with Crippen molar-refractivity contribution in [2.45, 2.75) is 33.1 Å². The summed E-state index contributed by atoms with van der Waals surface area (Å²) in [5, 5.41) is 3.16. The van der Waals surface area contributed by atoms with Crippen molar-refractivity contribution in [3.63, 3.8) is 0 Å². The molecule has 0 amide bonds. The van der Waals surface area contributed by atoms with Crippen LogP contribution in [0, 0.1) is 18.3 Å². The van der Waals surface area contributed by atoms with Gasteiger partial charge in [0.25, 0.3) is 0 Å². The van der Waals surface area contributed by atoms with Gasteiger partial charge in [-0.2, -0.15) is 0 Å². The Bertz CT molecular complexity index is 181. The largest absolute Gasteiger partial charge is 0.316 e. The Morgan fingerprint density at radius 2 is 2.31 bits per heavy atom. The lowest BCUT2D eigenvalue weighted by Crippen LogP contribution is -2.26. The second-order valence-corrected chi connectivity index (χ2v) is 3.23. The summed E-state index contributed by atoms with van der Waals surface area (Å²) < 4.78 is 0. The lowest BCUT2D eigenvalue weighted by Gasteiger charge is -2.09. The van der Waals surface area contributed by atoms with Crippen LogP contribution in [0.25, 0.3) is 0 Å². The van der Waals surface area contributed by atoms with Crippen molar-refractivity contribution in [1.29, 1.82) is 0 Å². The third-order valence-corrected chi connectivity index (χ3v) is 1.99. The molecule has 0 fully saturated rings. The fourth-order valence-corrected chi connectivity index (χ4v) is 1.09. The molecule has 2 heteroatoms. The van der Waals surface area contributed by atoms with Crippen LogP contribution in [0.4, 0.5) is 0 Å². The number of hydrogen-bond donors (Lipinski definition) is 1. The minimum Gasteiger partial charge on any atom is -0.316 e. The highest BCUT2D eigenvalue weighted by Gasteiger charge is 2.10. The zero-order valence-corrected chi connectivity index (χ0v) is 8.60. The van der Waals surface area contributed by atoms with E-state index in [1.54, 1.807) is 0 Å². The molecule has 0 aromatic heterocycles. The molecule has 0 saturated carbocycles. The zero-order chi connectivity index (χ0) is 10.1. The molecule has 0 rings (SSSR count). The van der Waals surface area contributed by atoms with Crippen molar-refractivity contribution in [1.82, 2.24) is 5.32 Å². The highest BCUT2D eigenvalue weighted by Crippen LogP contribution is 2.03. The SMILES string of the molecule is C#CCCCC(=O)C(C)CNCC. The summed E-state index contributed by atoms with van der Waals surface area (Å²) in [5.74, 6) is 2.98. The van der Waals surface area contributed by atoms with Crippen molar-refractivity contribution >= 4 is 5.78 Å². The maximum Gasteiger partial charge on any atom is 0.137 e. The van der Waals surface area contributed by atoms with E-state index in [1.165, 1.54) is 0 Å². The summed E-state index contributed by atoms with van der Waals surface area (Å²) in [6, 6.07) is 0. The Morgan fingerprint density at radius 3 is 2.85 bits per heavy atom. The van der Waals surface area contributed by atoms with E-state index < -0.39 is 0 Å². The Kier molecular flexibility index (Phi) is 7.33. The predicted octanol–water partition coefficient (Wildman–Crippen LogP) is 1.60. The van der Waals surface area contributed by atoms with Gasteiger partial charge in [0.15, 0.2) is 0 Å². The predicted molar refractivity (Wildman–Crippen MR) is 55.4 cm³/mol. The first-order valence-electron chi connectivity index (χ1n) is 4.89. The number of terminal acetylenes is 1. The topological polar surface area (TPSA) is 29.1 Å². The molecule has 1 N–H and O–H groups in total. The molecule has 0 aliphatic carbocycles. The third-order valence-electron chi connectivity index (χ3n) is 1.99. The number of ketones is 1. The number of rotatable bonds is 7. The molecule has 0 spiro atoms. The minimum atomic E-state index is 0.123. The van der Waals surface area contributed by atoms with Gasteiger partial charge < -0.3 is 5.32 Å². The molecule has 2 nitrogen and oxygen atoms in total. The number of Topliss-reactive ketones (excluding diaryl/α,β-unsaturated/α-hetero) is 1. The molecular weight excluding hydrogens is 162 g/mol. The maximum absolute atomic E-state index is 11.4. The summed E-state index contributed by atoms with van der Waals surface area (Å²) in [6.07, 6.45) is 7.25. The Hall–Kier alpha value is -0.810. The first-order chi connectivity index (χ1) is 6.22. The molecule has 0 heterocycles. The first-order valence-corrected chi connectivity index (χ1v) is 4.89. The lowest BCUT2D eigenvalue weighted by molar-refractivity contribution is -0.122. The van der Waals surface area contributed by atoms with Crippen molar-refractivity contribution in [3.8, 4) is 12.3 Å². The van der Waals surface area contributed by atoms with Crippen LogP contribution >= 0.6 is 0 Å². The van der Waals surface area contributed by atoms with Gasteiger partial charge in [-0.25, -0.2) is 0 Å². The van der Waals surface area contributed by atoms with E-state index in [0.717, 1.165) is 19.5 Å². The molecule has 0 bridgehead atoms. The van der Waals surface area contributed by atoms with Gasteiger partial charge in [0, 0.05) is 25.3 Å². The number of unbranched alkanes of at least 4 members (excludes halogenated alkanes) is 1. The molecule has 0 aromatic carbocycles. The molecule has 1 unspecified atom stereocenters. The van der Waals surface area contributed by atoms with Gasteiger partial charge in [0.1, 0.15) is 5.78 Å². The van der Waals surface area contributed by atoms with Crippen molar-refractivity contribution in [3.05, 3.63) is 0 Å². The number of nitrogens with one attached hydrogen (secondary N) is 1.